The Morgan fingerprint density at radius 3 is 2.25 bits per heavy atom. The molecule has 0 aliphatic heterocycles. The second-order valence-electron chi connectivity index (χ2n) is 5.06. The SMILES string of the molecule is CCN(CC)c1ccc(C(=O)NCC(C)(O)CO)cc1. The summed E-state index contributed by atoms with van der Waals surface area (Å²) in [7, 11) is 0. The fourth-order valence-electron chi connectivity index (χ4n) is 1.84. The highest BCUT2D eigenvalue weighted by Crippen LogP contribution is 2.15. The second-order valence-corrected chi connectivity index (χ2v) is 5.06. The van der Waals surface area contributed by atoms with Gasteiger partial charge in [-0.15, -0.1) is 0 Å². The van der Waals surface area contributed by atoms with Crippen LogP contribution in [0.3, 0.4) is 0 Å². The molecule has 0 bridgehead atoms. The van der Waals surface area contributed by atoms with Crippen molar-refractivity contribution in [2.45, 2.75) is 26.4 Å². The van der Waals surface area contributed by atoms with E-state index in [-0.39, 0.29) is 12.5 Å². The van der Waals surface area contributed by atoms with Gasteiger partial charge in [-0.3, -0.25) is 4.79 Å². The van der Waals surface area contributed by atoms with Gasteiger partial charge in [-0.2, -0.15) is 0 Å². The first-order valence-electron chi connectivity index (χ1n) is 6.90. The molecule has 0 spiro atoms. The van der Waals surface area contributed by atoms with E-state index in [0.717, 1.165) is 18.8 Å². The average molecular weight is 280 g/mol. The highest BCUT2D eigenvalue weighted by molar-refractivity contribution is 5.94. The smallest absolute Gasteiger partial charge is 0.251 e. The van der Waals surface area contributed by atoms with Gasteiger partial charge in [-0.25, -0.2) is 0 Å². The maximum absolute atomic E-state index is 11.9. The molecular weight excluding hydrogens is 256 g/mol. The van der Waals surface area contributed by atoms with Crippen molar-refractivity contribution in [3.63, 3.8) is 0 Å². The van der Waals surface area contributed by atoms with Crippen LogP contribution in [0.1, 0.15) is 31.1 Å². The van der Waals surface area contributed by atoms with E-state index < -0.39 is 12.2 Å². The molecule has 1 aromatic carbocycles. The number of benzene rings is 1. The number of hydrogen-bond acceptors (Lipinski definition) is 4. The fourth-order valence-corrected chi connectivity index (χ4v) is 1.84. The van der Waals surface area contributed by atoms with Crippen molar-refractivity contribution in [1.82, 2.24) is 5.32 Å². The van der Waals surface area contributed by atoms with Crippen molar-refractivity contribution >= 4 is 11.6 Å². The topological polar surface area (TPSA) is 72.8 Å². The minimum absolute atomic E-state index is 0.0140. The molecule has 5 heteroatoms. The number of nitrogens with one attached hydrogen (secondary N) is 1. The zero-order chi connectivity index (χ0) is 15.2. The molecule has 1 atom stereocenters. The highest BCUT2D eigenvalue weighted by Gasteiger charge is 2.20. The second kappa shape index (κ2) is 7.26. The van der Waals surface area contributed by atoms with E-state index in [1.165, 1.54) is 6.92 Å². The minimum atomic E-state index is -1.29. The number of anilines is 1. The van der Waals surface area contributed by atoms with Crippen LogP contribution in [0, 0.1) is 0 Å². The lowest BCUT2D eigenvalue weighted by atomic mass is 10.1. The molecule has 0 radical (unpaired) electrons. The van der Waals surface area contributed by atoms with E-state index >= 15 is 0 Å². The van der Waals surface area contributed by atoms with Crippen molar-refractivity contribution in [3.8, 4) is 0 Å². The molecule has 0 aliphatic carbocycles. The molecule has 0 aliphatic rings. The number of rotatable bonds is 7. The predicted molar refractivity (Wildman–Crippen MR) is 80.0 cm³/mol. The van der Waals surface area contributed by atoms with Crippen LogP contribution < -0.4 is 10.2 Å². The van der Waals surface area contributed by atoms with Crippen molar-refractivity contribution in [2.24, 2.45) is 0 Å². The molecule has 0 heterocycles. The van der Waals surface area contributed by atoms with E-state index in [4.69, 9.17) is 5.11 Å². The fraction of sp³-hybridized carbons (Fsp3) is 0.533. The van der Waals surface area contributed by atoms with Gasteiger partial charge in [0, 0.05) is 30.9 Å². The Labute approximate surface area is 120 Å². The molecule has 5 nitrogen and oxygen atoms in total. The van der Waals surface area contributed by atoms with E-state index in [9.17, 15) is 9.90 Å². The number of aliphatic hydroxyl groups excluding tert-OH is 1. The van der Waals surface area contributed by atoms with Gasteiger partial charge in [-0.05, 0) is 45.0 Å². The molecule has 0 saturated carbocycles. The monoisotopic (exact) mass is 280 g/mol. The number of aliphatic hydroxyl groups is 2. The van der Waals surface area contributed by atoms with E-state index in [2.05, 4.69) is 24.1 Å². The molecule has 0 fully saturated rings. The maximum atomic E-state index is 11.9. The third-order valence-electron chi connectivity index (χ3n) is 3.23. The van der Waals surface area contributed by atoms with Crippen molar-refractivity contribution < 1.29 is 15.0 Å². The highest BCUT2D eigenvalue weighted by atomic mass is 16.3. The van der Waals surface area contributed by atoms with Crippen LogP contribution in [0.4, 0.5) is 5.69 Å². The summed E-state index contributed by atoms with van der Waals surface area (Å²) in [5.74, 6) is -0.259. The third kappa shape index (κ3) is 4.51. The molecule has 0 aromatic heterocycles. The number of hydrogen-bond donors (Lipinski definition) is 3. The normalized spacial score (nSPS) is 13.7. The summed E-state index contributed by atoms with van der Waals surface area (Å²) in [6, 6.07) is 7.34. The Balaban J connectivity index is 2.66. The number of amides is 1. The summed E-state index contributed by atoms with van der Waals surface area (Å²) in [4.78, 5) is 14.1. The Bertz CT molecular complexity index is 425. The van der Waals surface area contributed by atoms with Crippen LogP contribution in [0.5, 0.6) is 0 Å². The van der Waals surface area contributed by atoms with Gasteiger partial charge in [0.25, 0.3) is 5.91 Å². The molecule has 3 N–H and O–H groups in total. The molecule has 0 saturated heterocycles. The lowest BCUT2D eigenvalue weighted by Gasteiger charge is -2.22. The summed E-state index contributed by atoms with van der Waals surface area (Å²) in [5, 5.41) is 21.2. The number of nitrogens with zero attached hydrogens (tertiary/aromatic N) is 1. The van der Waals surface area contributed by atoms with Crippen molar-refractivity contribution in [2.75, 3.05) is 31.1 Å². The van der Waals surface area contributed by atoms with Gasteiger partial charge >= 0.3 is 0 Å². The summed E-state index contributed by atoms with van der Waals surface area (Å²) in [5.41, 5.74) is 0.320. The van der Waals surface area contributed by atoms with Crippen molar-refractivity contribution in [3.05, 3.63) is 29.8 Å². The summed E-state index contributed by atoms with van der Waals surface area (Å²) in [6.45, 7) is 7.09. The largest absolute Gasteiger partial charge is 0.393 e. The average Bonchev–Trinajstić information content (AvgIpc) is 2.47. The molecule has 112 valence electrons. The number of carbonyl (C=O) groups is 1. The molecule has 1 amide bonds. The van der Waals surface area contributed by atoms with Crippen LogP contribution in [0.2, 0.25) is 0 Å². The van der Waals surface area contributed by atoms with E-state index in [1.807, 2.05) is 12.1 Å². The summed E-state index contributed by atoms with van der Waals surface area (Å²) < 4.78 is 0. The standard InChI is InChI=1S/C15H24N2O3/c1-4-17(5-2)13-8-6-12(7-9-13)14(19)16-10-15(3,20)11-18/h6-9,18,20H,4-5,10-11H2,1-3H3,(H,16,19). The van der Waals surface area contributed by atoms with Gasteiger partial charge in [0.1, 0.15) is 5.60 Å². The van der Waals surface area contributed by atoms with Crippen LogP contribution in [-0.2, 0) is 0 Å². The van der Waals surface area contributed by atoms with Gasteiger partial charge in [0.2, 0.25) is 0 Å². The Morgan fingerprint density at radius 2 is 1.80 bits per heavy atom. The lowest BCUT2D eigenvalue weighted by molar-refractivity contribution is 0.00320. The van der Waals surface area contributed by atoms with Crippen molar-refractivity contribution in [1.29, 1.82) is 0 Å². The molecule has 20 heavy (non-hydrogen) atoms. The Kier molecular flexibility index (Phi) is 5.98. The minimum Gasteiger partial charge on any atom is -0.393 e. The molecular formula is C15H24N2O3. The van der Waals surface area contributed by atoms with Gasteiger partial charge in [-0.1, -0.05) is 0 Å². The maximum Gasteiger partial charge on any atom is 0.251 e. The lowest BCUT2D eigenvalue weighted by Crippen LogP contribution is -2.43. The summed E-state index contributed by atoms with van der Waals surface area (Å²) >= 11 is 0. The summed E-state index contributed by atoms with van der Waals surface area (Å²) in [6.07, 6.45) is 0. The zero-order valence-electron chi connectivity index (χ0n) is 12.4. The Hall–Kier alpha value is -1.59. The van der Waals surface area contributed by atoms with Crippen LogP contribution in [0.25, 0.3) is 0 Å². The quantitative estimate of drug-likeness (QED) is 0.697. The molecule has 1 rings (SSSR count). The molecule has 1 unspecified atom stereocenters. The van der Waals surface area contributed by atoms with Gasteiger partial charge in [0.05, 0.1) is 6.61 Å². The first-order chi connectivity index (χ1) is 9.43. The first kappa shape index (κ1) is 16.5. The van der Waals surface area contributed by atoms with Crippen LogP contribution in [-0.4, -0.2) is 48.0 Å². The van der Waals surface area contributed by atoms with E-state index in [1.54, 1.807) is 12.1 Å². The van der Waals surface area contributed by atoms with E-state index in [0.29, 0.717) is 5.56 Å². The third-order valence-corrected chi connectivity index (χ3v) is 3.23. The van der Waals surface area contributed by atoms with Crippen LogP contribution in [0.15, 0.2) is 24.3 Å². The Morgan fingerprint density at radius 1 is 1.25 bits per heavy atom. The number of carbonyl (C=O) groups excluding carboxylic acids is 1. The molecule has 1 aromatic rings. The zero-order valence-corrected chi connectivity index (χ0v) is 12.4. The predicted octanol–water partition coefficient (Wildman–Crippen LogP) is 1.01. The first-order valence-corrected chi connectivity index (χ1v) is 6.90. The van der Waals surface area contributed by atoms with Crippen LogP contribution >= 0.6 is 0 Å². The van der Waals surface area contributed by atoms with Gasteiger partial charge in [0.15, 0.2) is 0 Å². The van der Waals surface area contributed by atoms with Gasteiger partial charge < -0.3 is 20.4 Å².